The van der Waals surface area contributed by atoms with Crippen LogP contribution in [0.25, 0.3) is 0 Å². The Bertz CT molecular complexity index is 585. The second kappa shape index (κ2) is 5.57. The SMILES string of the molecule is Cc1cc(C)cc(OCc2cccc(C(N)=O)c2)c1. The molecule has 0 bridgehead atoms. The average Bonchev–Trinajstić information content (AvgIpc) is 2.35. The number of benzene rings is 2. The summed E-state index contributed by atoms with van der Waals surface area (Å²) in [7, 11) is 0. The monoisotopic (exact) mass is 255 g/mol. The molecule has 0 spiro atoms. The van der Waals surface area contributed by atoms with Crippen LogP contribution in [0, 0.1) is 13.8 Å². The molecule has 0 aliphatic carbocycles. The zero-order valence-electron chi connectivity index (χ0n) is 11.1. The summed E-state index contributed by atoms with van der Waals surface area (Å²) >= 11 is 0. The predicted octanol–water partition coefficient (Wildman–Crippen LogP) is 2.98. The number of nitrogens with two attached hydrogens (primary N) is 1. The minimum Gasteiger partial charge on any atom is -0.489 e. The van der Waals surface area contributed by atoms with Gasteiger partial charge in [-0.05, 0) is 54.8 Å². The lowest BCUT2D eigenvalue weighted by atomic mass is 10.1. The molecule has 1 amide bonds. The first-order valence-electron chi connectivity index (χ1n) is 6.14. The summed E-state index contributed by atoms with van der Waals surface area (Å²) in [5.74, 6) is 0.412. The van der Waals surface area contributed by atoms with Crippen molar-refractivity contribution in [1.29, 1.82) is 0 Å². The summed E-state index contributed by atoms with van der Waals surface area (Å²) in [5, 5.41) is 0. The number of carbonyl (C=O) groups excluding carboxylic acids is 1. The Hall–Kier alpha value is -2.29. The highest BCUT2D eigenvalue weighted by atomic mass is 16.5. The quantitative estimate of drug-likeness (QED) is 0.913. The van der Waals surface area contributed by atoms with Crippen molar-refractivity contribution in [3.05, 3.63) is 64.7 Å². The van der Waals surface area contributed by atoms with E-state index in [0.717, 1.165) is 11.3 Å². The lowest BCUT2D eigenvalue weighted by Gasteiger charge is -2.09. The van der Waals surface area contributed by atoms with Crippen molar-refractivity contribution >= 4 is 5.91 Å². The van der Waals surface area contributed by atoms with Crippen molar-refractivity contribution in [2.45, 2.75) is 20.5 Å². The maximum absolute atomic E-state index is 11.1. The zero-order chi connectivity index (χ0) is 13.8. The number of primary amides is 1. The molecule has 2 aromatic rings. The second-order valence-electron chi connectivity index (χ2n) is 4.68. The second-order valence-corrected chi connectivity index (χ2v) is 4.68. The van der Waals surface area contributed by atoms with E-state index in [1.807, 2.05) is 32.0 Å². The van der Waals surface area contributed by atoms with Crippen LogP contribution in [-0.2, 0) is 6.61 Å². The van der Waals surface area contributed by atoms with E-state index in [1.165, 1.54) is 11.1 Å². The number of rotatable bonds is 4. The van der Waals surface area contributed by atoms with Crippen LogP contribution in [0.5, 0.6) is 5.75 Å². The van der Waals surface area contributed by atoms with Crippen LogP contribution in [0.3, 0.4) is 0 Å². The third-order valence-corrected chi connectivity index (χ3v) is 2.81. The first kappa shape index (κ1) is 13.1. The molecule has 0 radical (unpaired) electrons. The summed E-state index contributed by atoms with van der Waals surface area (Å²) in [4.78, 5) is 11.1. The third-order valence-electron chi connectivity index (χ3n) is 2.81. The number of ether oxygens (including phenoxy) is 1. The lowest BCUT2D eigenvalue weighted by molar-refractivity contribution is 0.1000. The molecular formula is C16H17NO2. The van der Waals surface area contributed by atoms with E-state index in [-0.39, 0.29) is 0 Å². The maximum Gasteiger partial charge on any atom is 0.248 e. The molecule has 2 rings (SSSR count). The summed E-state index contributed by atoms with van der Waals surface area (Å²) in [6.45, 7) is 4.49. The largest absolute Gasteiger partial charge is 0.489 e. The molecule has 0 unspecified atom stereocenters. The summed E-state index contributed by atoms with van der Waals surface area (Å²) in [5.41, 5.74) is 9.01. The van der Waals surface area contributed by atoms with E-state index in [9.17, 15) is 4.79 Å². The highest BCUT2D eigenvalue weighted by Crippen LogP contribution is 2.18. The fraction of sp³-hybridized carbons (Fsp3) is 0.188. The van der Waals surface area contributed by atoms with Gasteiger partial charge in [0.2, 0.25) is 5.91 Å². The van der Waals surface area contributed by atoms with E-state index in [4.69, 9.17) is 10.5 Å². The van der Waals surface area contributed by atoms with Crippen molar-refractivity contribution in [2.24, 2.45) is 5.73 Å². The van der Waals surface area contributed by atoms with Crippen molar-refractivity contribution in [3.63, 3.8) is 0 Å². The Balaban J connectivity index is 2.10. The summed E-state index contributed by atoms with van der Waals surface area (Å²) < 4.78 is 5.74. The Labute approximate surface area is 113 Å². The zero-order valence-corrected chi connectivity index (χ0v) is 11.1. The Morgan fingerprint density at radius 2 is 1.79 bits per heavy atom. The summed E-state index contributed by atoms with van der Waals surface area (Å²) in [6.07, 6.45) is 0. The number of amides is 1. The highest BCUT2D eigenvalue weighted by molar-refractivity contribution is 5.92. The van der Waals surface area contributed by atoms with Gasteiger partial charge in [0.1, 0.15) is 12.4 Å². The first-order valence-corrected chi connectivity index (χ1v) is 6.14. The molecule has 0 fully saturated rings. The van der Waals surface area contributed by atoms with Crippen LogP contribution in [0.2, 0.25) is 0 Å². The molecule has 0 atom stereocenters. The standard InChI is InChI=1S/C16H17NO2/c1-11-6-12(2)8-15(7-11)19-10-13-4-3-5-14(9-13)16(17)18/h3-9H,10H2,1-2H3,(H2,17,18). The minimum absolute atomic E-state index is 0.421. The molecule has 3 nitrogen and oxygen atoms in total. The fourth-order valence-electron chi connectivity index (χ4n) is 2.00. The molecule has 0 aliphatic rings. The van der Waals surface area contributed by atoms with Gasteiger partial charge < -0.3 is 10.5 Å². The Morgan fingerprint density at radius 1 is 1.11 bits per heavy atom. The fourth-order valence-corrected chi connectivity index (χ4v) is 2.00. The molecule has 2 aromatic carbocycles. The van der Waals surface area contributed by atoms with Crippen LogP contribution in [0.15, 0.2) is 42.5 Å². The van der Waals surface area contributed by atoms with Crippen molar-refractivity contribution < 1.29 is 9.53 Å². The lowest BCUT2D eigenvalue weighted by Crippen LogP contribution is -2.11. The van der Waals surface area contributed by atoms with Gasteiger partial charge in [-0.25, -0.2) is 0 Å². The number of aryl methyl sites for hydroxylation is 2. The highest BCUT2D eigenvalue weighted by Gasteiger charge is 2.02. The van der Waals surface area contributed by atoms with Crippen molar-refractivity contribution in [1.82, 2.24) is 0 Å². The minimum atomic E-state index is -0.423. The average molecular weight is 255 g/mol. The number of carbonyl (C=O) groups is 1. The Kier molecular flexibility index (Phi) is 3.85. The van der Waals surface area contributed by atoms with Gasteiger partial charge in [-0.3, -0.25) is 4.79 Å². The number of hydrogen-bond donors (Lipinski definition) is 1. The van der Waals surface area contributed by atoms with E-state index in [2.05, 4.69) is 6.07 Å². The molecule has 19 heavy (non-hydrogen) atoms. The third kappa shape index (κ3) is 3.58. The van der Waals surface area contributed by atoms with Crippen LogP contribution in [0.1, 0.15) is 27.0 Å². The van der Waals surface area contributed by atoms with Crippen LogP contribution < -0.4 is 10.5 Å². The first-order chi connectivity index (χ1) is 9.04. The van der Waals surface area contributed by atoms with E-state index < -0.39 is 5.91 Å². The number of hydrogen-bond acceptors (Lipinski definition) is 2. The van der Waals surface area contributed by atoms with Crippen LogP contribution in [0.4, 0.5) is 0 Å². The molecule has 0 aliphatic heterocycles. The van der Waals surface area contributed by atoms with Crippen LogP contribution in [-0.4, -0.2) is 5.91 Å². The van der Waals surface area contributed by atoms with Gasteiger partial charge >= 0.3 is 0 Å². The molecule has 0 heterocycles. The van der Waals surface area contributed by atoms with Crippen molar-refractivity contribution in [2.75, 3.05) is 0 Å². The topological polar surface area (TPSA) is 52.3 Å². The van der Waals surface area contributed by atoms with E-state index >= 15 is 0 Å². The van der Waals surface area contributed by atoms with Crippen molar-refractivity contribution in [3.8, 4) is 5.75 Å². The normalized spacial score (nSPS) is 10.2. The van der Waals surface area contributed by atoms with E-state index in [0.29, 0.717) is 12.2 Å². The van der Waals surface area contributed by atoms with Gasteiger partial charge in [0.15, 0.2) is 0 Å². The van der Waals surface area contributed by atoms with Gasteiger partial charge in [0.05, 0.1) is 0 Å². The smallest absolute Gasteiger partial charge is 0.248 e. The van der Waals surface area contributed by atoms with Gasteiger partial charge in [-0.2, -0.15) is 0 Å². The molecule has 0 aromatic heterocycles. The predicted molar refractivity (Wildman–Crippen MR) is 75.2 cm³/mol. The van der Waals surface area contributed by atoms with Gasteiger partial charge in [0, 0.05) is 5.56 Å². The van der Waals surface area contributed by atoms with E-state index in [1.54, 1.807) is 18.2 Å². The summed E-state index contributed by atoms with van der Waals surface area (Å²) in [6, 6.07) is 13.2. The molecule has 0 saturated carbocycles. The van der Waals surface area contributed by atoms with Gasteiger partial charge in [-0.15, -0.1) is 0 Å². The molecule has 2 N–H and O–H groups in total. The molecule has 3 heteroatoms. The van der Waals surface area contributed by atoms with Gasteiger partial charge in [0.25, 0.3) is 0 Å². The molecule has 98 valence electrons. The van der Waals surface area contributed by atoms with Crippen LogP contribution >= 0.6 is 0 Å². The Morgan fingerprint density at radius 3 is 2.42 bits per heavy atom. The molecular weight excluding hydrogens is 238 g/mol. The van der Waals surface area contributed by atoms with Gasteiger partial charge in [-0.1, -0.05) is 18.2 Å². The maximum atomic E-state index is 11.1. The molecule has 0 saturated heterocycles.